The van der Waals surface area contributed by atoms with Gasteiger partial charge in [0.15, 0.2) is 0 Å². The Morgan fingerprint density at radius 2 is 1.87 bits per heavy atom. The lowest BCUT2D eigenvalue weighted by Gasteiger charge is -2.08. The van der Waals surface area contributed by atoms with Crippen LogP contribution in [0.4, 0.5) is 5.69 Å². The Morgan fingerprint density at radius 3 is 2.70 bits per heavy atom. The van der Waals surface area contributed by atoms with Crippen molar-refractivity contribution in [2.24, 2.45) is 0 Å². The molecule has 0 atom stereocenters. The van der Waals surface area contributed by atoms with Gasteiger partial charge in [0.25, 0.3) is 5.91 Å². The summed E-state index contributed by atoms with van der Waals surface area (Å²) in [6.45, 7) is 0. The number of ether oxygens (including phenoxy) is 1. The third kappa shape index (κ3) is 3.71. The molecule has 2 aromatic carbocycles. The lowest BCUT2D eigenvalue weighted by atomic mass is 10.2. The molecule has 0 unspecified atom stereocenters. The van der Waals surface area contributed by atoms with E-state index >= 15 is 0 Å². The summed E-state index contributed by atoms with van der Waals surface area (Å²) in [7, 11) is 0. The van der Waals surface area contributed by atoms with Crippen molar-refractivity contribution >= 4 is 34.4 Å². The topological polar surface area (TPSA) is 108 Å². The van der Waals surface area contributed by atoms with Gasteiger partial charge >= 0.3 is 0 Å². The van der Waals surface area contributed by atoms with Crippen molar-refractivity contribution in [3.05, 3.63) is 79.1 Å². The number of carbonyl (C=O) groups is 1. The van der Waals surface area contributed by atoms with E-state index < -0.39 is 0 Å². The number of hydrogen-bond acceptors (Lipinski definition) is 8. The van der Waals surface area contributed by atoms with Crippen LogP contribution in [-0.4, -0.2) is 34.2 Å². The number of aromatic nitrogens is 6. The average Bonchev–Trinajstić information content (AvgIpc) is 3.47. The standard InChI is InChI=1S/C20H13N7O2S/c28-20(13-1-6-16-17(9-13)26-30-25-16)24-14-2-4-15(5-3-14)29-19-10-18(22-11-23-19)27-8-7-21-12-27/h1-12H,(H,24,28). The second kappa shape index (κ2) is 7.68. The molecule has 0 saturated heterocycles. The Balaban J connectivity index is 1.27. The van der Waals surface area contributed by atoms with Crippen molar-refractivity contribution in [2.45, 2.75) is 0 Å². The van der Waals surface area contributed by atoms with Gasteiger partial charge in [0.2, 0.25) is 5.88 Å². The summed E-state index contributed by atoms with van der Waals surface area (Å²) >= 11 is 1.12. The van der Waals surface area contributed by atoms with Crippen LogP contribution in [0.15, 0.2) is 73.6 Å². The summed E-state index contributed by atoms with van der Waals surface area (Å²) in [4.78, 5) is 24.8. The zero-order chi connectivity index (χ0) is 20.3. The molecule has 0 aliphatic rings. The van der Waals surface area contributed by atoms with Crippen LogP contribution in [0.1, 0.15) is 10.4 Å². The first-order chi connectivity index (χ1) is 14.7. The zero-order valence-corrected chi connectivity index (χ0v) is 16.2. The summed E-state index contributed by atoms with van der Waals surface area (Å²) < 4.78 is 15.8. The average molecular weight is 415 g/mol. The molecule has 3 heterocycles. The molecular weight excluding hydrogens is 402 g/mol. The molecular formula is C20H13N7O2S. The van der Waals surface area contributed by atoms with Crippen molar-refractivity contribution in [1.82, 2.24) is 28.3 Å². The third-order valence-electron chi connectivity index (χ3n) is 4.25. The van der Waals surface area contributed by atoms with Gasteiger partial charge in [-0.3, -0.25) is 9.36 Å². The van der Waals surface area contributed by atoms with Crippen molar-refractivity contribution < 1.29 is 9.53 Å². The van der Waals surface area contributed by atoms with E-state index in [1.165, 1.54) is 6.33 Å². The summed E-state index contributed by atoms with van der Waals surface area (Å²) in [5.41, 5.74) is 2.64. The first-order valence-corrected chi connectivity index (χ1v) is 9.60. The zero-order valence-electron chi connectivity index (χ0n) is 15.3. The molecule has 0 bridgehead atoms. The van der Waals surface area contributed by atoms with Crippen LogP contribution < -0.4 is 10.1 Å². The first-order valence-electron chi connectivity index (χ1n) is 8.86. The number of fused-ring (bicyclic) bond motifs is 1. The Kier molecular flexibility index (Phi) is 4.58. The van der Waals surface area contributed by atoms with Gasteiger partial charge in [0.1, 0.15) is 35.3 Å². The van der Waals surface area contributed by atoms with Crippen LogP contribution in [0.2, 0.25) is 0 Å². The number of rotatable bonds is 5. The molecule has 0 spiro atoms. The number of nitrogens with one attached hydrogen (secondary N) is 1. The summed E-state index contributed by atoms with van der Waals surface area (Å²) in [5.74, 6) is 1.40. The first kappa shape index (κ1) is 17.9. The van der Waals surface area contributed by atoms with Gasteiger partial charge < -0.3 is 10.1 Å². The molecule has 0 fully saturated rings. The molecule has 5 rings (SSSR count). The molecule has 146 valence electrons. The van der Waals surface area contributed by atoms with E-state index in [0.717, 1.165) is 17.2 Å². The molecule has 30 heavy (non-hydrogen) atoms. The molecule has 10 heteroatoms. The number of carbonyl (C=O) groups excluding carboxylic acids is 1. The van der Waals surface area contributed by atoms with Crippen LogP contribution in [0.25, 0.3) is 16.9 Å². The maximum absolute atomic E-state index is 12.5. The van der Waals surface area contributed by atoms with Gasteiger partial charge in [0, 0.05) is 29.7 Å². The number of amides is 1. The minimum absolute atomic E-state index is 0.223. The van der Waals surface area contributed by atoms with Crippen LogP contribution in [0.3, 0.4) is 0 Å². The van der Waals surface area contributed by atoms with E-state index in [4.69, 9.17) is 4.74 Å². The highest BCUT2D eigenvalue weighted by Crippen LogP contribution is 2.23. The van der Waals surface area contributed by atoms with Gasteiger partial charge in [-0.25, -0.2) is 15.0 Å². The van der Waals surface area contributed by atoms with Crippen molar-refractivity contribution in [3.8, 4) is 17.4 Å². The van der Waals surface area contributed by atoms with Gasteiger partial charge in [-0.2, -0.15) is 8.75 Å². The minimum atomic E-state index is -0.223. The molecule has 0 radical (unpaired) electrons. The van der Waals surface area contributed by atoms with Crippen molar-refractivity contribution in [2.75, 3.05) is 5.32 Å². The fourth-order valence-corrected chi connectivity index (χ4v) is 3.29. The minimum Gasteiger partial charge on any atom is -0.439 e. The fraction of sp³-hybridized carbons (Fsp3) is 0. The van der Waals surface area contributed by atoms with E-state index in [1.807, 2.05) is 0 Å². The highest BCUT2D eigenvalue weighted by molar-refractivity contribution is 7.00. The molecule has 9 nitrogen and oxygen atoms in total. The van der Waals surface area contributed by atoms with E-state index in [9.17, 15) is 4.79 Å². The predicted molar refractivity (Wildman–Crippen MR) is 111 cm³/mol. The quantitative estimate of drug-likeness (QED) is 0.466. The highest BCUT2D eigenvalue weighted by atomic mass is 32.1. The summed E-state index contributed by atoms with van der Waals surface area (Å²) in [6.07, 6.45) is 6.52. The fourth-order valence-electron chi connectivity index (χ4n) is 2.78. The van der Waals surface area contributed by atoms with Gasteiger partial charge in [-0.05, 0) is 42.5 Å². The van der Waals surface area contributed by atoms with Gasteiger partial charge in [0.05, 0.1) is 11.7 Å². The number of anilines is 1. The Morgan fingerprint density at radius 1 is 1.00 bits per heavy atom. The molecule has 0 aliphatic carbocycles. The second-order valence-corrected chi connectivity index (χ2v) is 6.76. The molecule has 3 aromatic heterocycles. The normalized spacial score (nSPS) is 10.8. The summed E-state index contributed by atoms with van der Waals surface area (Å²) in [6, 6.07) is 14.0. The van der Waals surface area contributed by atoms with Crippen molar-refractivity contribution in [1.29, 1.82) is 0 Å². The van der Waals surface area contributed by atoms with Crippen LogP contribution in [0, 0.1) is 0 Å². The van der Waals surface area contributed by atoms with Crippen LogP contribution in [-0.2, 0) is 0 Å². The van der Waals surface area contributed by atoms with Crippen LogP contribution in [0.5, 0.6) is 11.6 Å². The van der Waals surface area contributed by atoms with E-state index in [0.29, 0.717) is 34.2 Å². The largest absolute Gasteiger partial charge is 0.439 e. The molecule has 1 amide bonds. The highest BCUT2D eigenvalue weighted by Gasteiger charge is 2.09. The SMILES string of the molecule is O=C(Nc1ccc(Oc2cc(-n3ccnc3)ncn2)cc1)c1ccc2nsnc2c1. The van der Waals surface area contributed by atoms with Gasteiger partial charge in [-0.15, -0.1) is 0 Å². The molecule has 5 aromatic rings. The lowest BCUT2D eigenvalue weighted by Crippen LogP contribution is -2.11. The monoisotopic (exact) mass is 415 g/mol. The Bertz CT molecular complexity index is 1320. The number of imidazole rings is 1. The van der Waals surface area contributed by atoms with Gasteiger partial charge in [-0.1, -0.05) is 0 Å². The van der Waals surface area contributed by atoms with E-state index in [-0.39, 0.29) is 5.91 Å². The van der Waals surface area contributed by atoms with Crippen LogP contribution >= 0.6 is 11.7 Å². The molecule has 0 aliphatic heterocycles. The number of nitrogens with zero attached hydrogens (tertiary/aromatic N) is 6. The molecule has 0 saturated carbocycles. The lowest BCUT2D eigenvalue weighted by molar-refractivity contribution is 0.102. The predicted octanol–water partition coefficient (Wildman–Crippen LogP) is 3.71. The van der Waals surface area contributed by atoms with E-state index in [1.54, 1.807) is 71.8 Å². The molecule has 1 N–H and O–H groups in total. The Hall–Kier alpha value is -4.18. The third-order valence-corrected chi connectivity index (χ3v) is 4.80. The number of hydrogen-bond donors (Lipinski definition) is 1. The maximum atomic E-state index is 12.5. The smallest absolute Gasteiger partial charge is 0.255 e. The van der Waals surface area contributed by atoms with Crippen molar-refractivity contribution in [3.63, 3.8) is 0 Å². The summed E-state index contributed by atoms with van der Waals surface area (Å²) in [5, 5.41) is 2.86. The number of benzene rings is 2. The maximum Gasteiger partial charge on any atom is 0.255 e. The Labute approximate surface area is 174 Å². The van der Waals surface area contributed by atoms with E-state index in [2.05, 4.69) is 29.0 Å². The second-order valence-electron chi connectivity index (χ2n) is 6.23.